The quantitative estimate of drug-likeness (QED) is 0.828. The molecule has 0 spiro atoms. The zero-order valence-electron chi connectivity index (χ0n) is 13.9. The van der Waals surface area contributed by atoms with E-state index >= 15 is 0 Å². The monoisotopic (exact) mass is 348 g/mol. The molecule has 2 aliphatic rings. The lowest BCUT2D eigenvalue weighted by Gasteiger charge is -2.35. The van der Waals surface area contributed by atoms with E-state index < -0.39 is 0 Å². The van der Waals surface area contributed by atoms with Crippen molar-refractivity contribution >= 4 is 28.9 Å². The van der Waals surface area contributed by atoms with Gasteiger partial charge in [-0.1, -0.05) is 6.07 Å². The number of nitrogens with zero attached hydrogens (tertiary/aromatic N) is 2. The average molecular weight is 348 g/mol. The largest absolute Gasteiger partial charge is 0.504 e. The number of carbonyl (C=O) groups excluding carboxylic acids is 1. The fraction of sp³-hybridized carbons (Fsp3) is 0.412. The summed E-state index contributed by atoms with van der Waals surface area (Å²) in [7, 11) is 1.49. The van der Waals surface area contributed by atoms with Crippen molar-refractivity contribution in [1.82, 2.24) is 4.90 Å². The SMILES string of the molecule is COc1cc(/C=C2/SC(N3C[C@H](C)O[C@@H](C)C3)=NC2=O)ccc1O. The molecule has 7 heteroatoms. The topological polar surface area (TPSA) is 71.4 Å². The smallest absolute Gasteiger partial charge is 0.286 e. The Kier molecular flexibility index (Phi) is 4.82. The Bertz CT molecular complexity index is 707. The summed E-state index contributed by atoms with van der Waals surface area (Å²) in [6, 6.07) is 4.96. The summed E-state index contributed by atoms with van der Waals surface area (Å²) in [6.45, 7) is 5.49. The summed E-state index contributed by atoms with van der Waals surface area (Å²) < 4.78 is 10.8. The normalized spacial score (nSPS) is 26.0. The van der Waals surface area contributed by atoms with Crippen LogP contribution < -0.4 is 4.74 Å². The summed E-state index contributed by atoms with van der Waals surface area (Å²) in [6.07, 6.45) is 1.99. The minimum atomic E-state index is -0.242. The van der Waals surface area contributed by atoms with Gasteiger partial charge in [0.2, 0.25) is 0 Å². The molecule has 3 rings (SSSR count). The zero-order chi connectivity index (χ0) is 17.3. The van der Waals surface area contributed by atoms with Gasteiger partial charge in [0.05, 0.1) is 24.2 Å². The van der Waals surface area contributed by atoms with E-state index in [9.17, 15) is 9.90 Å². The number of morpholine rings is 1. The highest BCUT2D eigenvalue weighted by molar-refractivity contribution is 8.18. The Morgan fingerprint density at radius 1 is 1.38 bits per heavy atom. The molecule has 1 saturated heterocycles. The summed E-state index contributed by atoms with van der Waals surface area (Å²) in [5.41, 5.74) is 0.778. The van der Waals surface area contributed by atoms with E-state index in [1.54, 1.807) is 24.3 Å². The second-order valence-electron chi connectivity index (χ2n) is 5.90. The van der Waals surface area contributed by atoms with E-state index in [1.807, 2.05) is 13.8 Å². The lowest BCUT2D eigenvalue weighted by molar-refractivity contribution is -0.113. The average Bonchev–Trinajstić information content (AvgIpc) is 2.89. The number of thioether (sulfide) groups is 1. The van der Waals surface area contributed by atoms with Gasteiger partial charge in [-0.25, -0.2) is 0 Å². The number of phenols is 1. The van der Waals surface area contributed by atoms with Gasteiger partial charge in [-0.15, -0.1) is 0 Å². The number of benzene rings is 1. The fourth-order valence-corrected chi connectivity index (χ4v) is 3.73. The molecule has 6 nitrogen and oxygen atoms in total. The van der Waals surface area contributed by atoms with Gasteiger partial charge in [-0.05, 0) is 49.4 Å². The Morgan fingerprint density at radius 2 is 2.08 bits per heavy atom. The number of aromatic hydroxyl groups is 1. The van der Waals surface area contributed by atoms with Crippen LogP contribution in [0.3, 0.4) is 0 Å². The van der Waals surface area contributed by atoms with E-state index in [0.29, 0.717) is 10.7 Å². The number of phenolic OH excluding ortho intramolecular Hbond substituents is 1. The molecule has 0 aromatic heterocycles. The Morgan fingerprint density at radius 3 is 2.75 bits per heavy atom. The van der Waals surface area contributed by atoms with Crippen LogP contribution in [0.5, 0.6) is 11.5 Å². The van der Waals surface area contributed by atoms with Crippen molar-refractivity contribution in [2.75, 3.05) is 20.2 Å². The maximum Gasteiger partial charge on any atom is 0.286 e. The molecule has 1 aromatic rings. The number of aliphatic imine (C=N–C) groups is 1. The molecule has 0 radical (unpaired) electrons. The van der Waals surface area contributed by atoms with Crippen LogP contribution in [0.4, 0.5) is 0 Å². The van der Waals surface area contributed by atoms with Gasteiger partial charge in [0.15, 0.2) is 16.7 Å². The van der Waals surface area contributed by atoms with E-state index in [0.717, 1.165) is 23.8 Å². The molecule has 2 heterocycles. The van der Waals surface area contributed by atoms with Gasteiger partial charge in [0.1, 0.15) is 0 Å². The maximum atomic E-state index is 12.2. The number of methoxy groups -OCH3 is 1. The van der Waals surface area contributed by atoms with E-state index in [2.05, 4.69) is 9.89 Å². The zero-order valence-corrected chi connectivity index (χ0v) is 14.7. The van der Waals surface area contributed by atoms with Crippen LogP contribution in [-0.2, 0) is 9.53 Å². The Balaban J connectivity index is 1.77. The van der Waals surface area contributed by atoms with E-state index in [1.165, 1.54) is 18.9 Å². The van der Waals surface area contributed by atoms with E-state index in [4.69, 9.17) is 9.47 Å². The number of rotatable bonds is 2. The van der Waals surface area contributed by atoms with Crippen LogP contribution in [0.25, 0.3) is 6.08 Å². The molecule has 2 atom stereocenters. The number of ether oxygens (including phenoxy) is 2. The molecule has 1 N–H and O–H groups in total. The van der Waals surface area contributed by atoms with Crippen LogP contribution in [0.1, 0.15) is 19.4 Å². The van der Waals surface area contributed by atoms with Crippen molar-refractivity contribution in [2.45, 2.75) is 26.1 Å². The maximum absolute atomic E-state index is 12.2. The highest BCUT2D eigenvalue weighted by Gasteiger charge is 2.31. The third-order valence-electron chi connectivity index (χ3n) is 3.80. The first-order valence-corrected chi connectivity index (χ1v) is 8.58. The van der Waals surface area contributed by atoms with Crippen LogP contribution in [-0.4, -0.2) is 53.5 Å². The first kappa shape index (κ1) is 16.9. The molecule has 128 valence electrons. The fourth-order valence-electron chi connectivity index (χ4n) is 2.80. The summed E-state index contributed by atoms with van der Waals surface area (Å²) in [5.74, 6) is 0.198. The first-order chi connectivity index (χ1) is 11.5. The predicted molar refractivity (Wildman–Crippen MR) is 94.3 cm³/mol. The molecular formula is C17H20N2O4S. The third kappa shape index (κ3) is 3.57. The number of amides is 1. The molecule has 0 aliphatic carbocycles. The molecule has 24 heavy (non-hydrogen) atoms. The number of amidine groups is 1. The standard InChI is InChI=1S/C17H20N2O4S/c1-10-8-19(9-11(2)23-10)17-18-16(21)15(24-17)7-12-4-5-13(20)14(6-12)22-3/h4-7,10-11,20H,8-9H2,1-3H3/b15-7+/t10-,11-/m0/s1. The van der Waals surface area contributed by atoms with Crippen LogP contribution in [0.2, 0.25) is 0 Å². The van der Waals surface area contributed by atoms with Gasteiger partial charge < -0.3 is 19.5 Å². The van der Waals surface area contributed by atoms with Crippen molar-refractivity contribution in [2.24, 2.45) is 4.99 Å². The highest BCUT2D eigenvalue weighted by atomic mass is 32.2. The Hall–Kier alpha value is -1.99. The van der Waals surface area contributed by atoms with Gasteiger partial charge in [-0.2, -0.15) is 4.99 Å². The second-order valence-corrected chi connectivity index (χ2v) is 6.91. The van der Waals surface area contributed by atoms with Crippen molar-refractivity contribution in [3.05, 3.63) is 28.7 Å². The van der Waals surface area contributed by atoms with Crippen LogP contribution in [0.15, 0.2) is 28.1 Å². The molecule has 1 amide bonds. The van der Waals surface area contributed by atoms with Crippen molar-refractivity contribution in [3.63, 3.8) is 0 Å². The lowest BCUT2D eigenvalue weighted by atomic mass is 10.2. The predicted octanol–water partition coefficient (Wildman–Crippen LogP) is 2.48. The minimum absolute atomic E-state index is 0.0679. The molecule has 1 fully saturated rings. The molecule has 1 aromatic carbocycles. The summed E-state index contributed by atoms with van der Waals surface area (Å²) >= 11 is 1.37. The van der Waals surface area contributed by atoms with Crippen LogP contribution >= 0.6 is 11.8 Å². The number of hydrogen-bond donors (Lipinski definition) is 1. The molecular weight excluding hydrogens is 328 g/mol. The number of hydrogen-bond acceptors (Lipinski definition) is 6. The molecule has 0 saturated carbocycles. The Labute approximate surface area is 145 Å². The van der Waals surface area contributed by atoms with Crippen molar-refractivity contribution < 1.29 is 19.4 Å². The van der Waals surface area contributed by atoms with Gasteiger partial charge in [0.25, 0.3) is 5.91 Å². The van der Waals surface area contributed by atoms with E-state index in [-0.39, 0.29) is 23.9 Å². The molecule has 2 aliphatic heterocycles. The van der Waals surface area contributed by atoms with Gasteiger partial charge in [0, 0.05) is 13.1 Å². The van der Waals surface area contributed by atoms with Crippen molar-refractivity contribution in [3.8, 4) is 11.5 Å². The lowest BCUT2D eigenvalue weighted by Crippen LogP contribution is -2.47. The first-order valence-electron chi connectivity index (χ1n) is 7.76. The summed E-state index contributed by atoms with van der Waals surface area (Å²) in [4.78, 5) is 19.0. The van der Waals surface area contributed by atoms with Crippen molar-refractivity contribution in [1.29, 1.82) is 0 Å². The minimum Gasteiger partial charge on any atom is -0.504 e. The highest BCUT2D eigenvalue weighted by Crippen LogP contribution is 2.33. The number of carbonyl (C=O) groups is 1. The van der Waals surface area contributed by atoms with Gasteiger partial charge >= 0.3 is 0 Å². The molecule has 0 unspecified atom stereocenters. The van der Waals surface area contributed by atoms with Gasteiger partial charge in [-0.3, -0.25) is 4.79 Å². The second kappa shape index (κ2) is 6.86. The summed E-state index contributed by atoms with van der Waals surface area (Å²) in [5, 5.41) is 10.4. The third-order valence-corrected chi connectivity index (χ3v) is 4.85. The molecule has 0 bridgehead atoms. The van der Waals surface area contributed by atoms with Crippen LogP contribution in [0, 0.1) is 0 Å².